The molecule has 0 aliphatic heterocycles. The summed E-state index contributed by atoms with van der Waals surface area (Å²) in [5, 5.41) is 12.7. The van der Waals surface area contributed by atoms with E-state index in [9.17, 15) is 5.11 Å². The van der Waals surface area contributed by atoms with E-state index in [1.807, 2.05) is 24.3 Å². The minimum atomic E-state index is 0.329. The highest BCUT2D eigenvalue weighted by atomic mass is 16.3. The number of hydrogen-bond acceptors (Lipinski definition) is 1. The standard InChI is InChI=1S/C19H16O/c20-19-16-8-4-2-6-14(16)10-12-18(19)17-11-9-13-5-1-3-7-15(13)17/h1-8,10,12,17,20H,9,11H2. The van der Waals surface area contributed by atoms with Gasteiger partial charge < -0.3 is 5.11 Å². The van der Waals surface area contributed by atoms with Gasteiger partial charge in [0.1, 0.15) is 5.75 Å². The SMILES string of the molecule is Oc1c(C2CCc3ccccc32)ccc2ccccc12. The lowest BCUT2D eigenvalue weighted by Crippen LogP contribution is -1.97. The summed E-state index contributed by atoms with van der Waals surface area (Å²) in [5.41, 5.74) is 3.86. The molecule has 0 bridgehead atoms. The molecule has 1 heteroatoms. The summed E-state index contributed by atoms with van der Waals surface area (Å²) in [6.07, 6.45) is 2.19. The molecule has 1 unspecified atom stereocenters. The van der Waals surface area contributed by atoms with Crippen molar-refractivity contribution in [2.24, 2.45) is 0 Å². The van der Waals surface area contributed by atoms with E-state index >= 15 is 0 Å². The second-order valence-electron chi connectivity index (χ2n) is 5.51. The minimum absolute atomic E-state index is 0.329. The third-order valence-electron chi connectivity index (χ3n) is 4.44. The molecule has 98 valence electrons. The summed E-state index contributed by atoms with van der Waals surface area (Å²) >= 11 is 0. The Morgan fingerprint density at radius 1 is 0.800 bits per heavy atom. The second-order valence-corrected chi connectivity index (χ2v) is 5.51. The Bertz CT molecular complexity index is 789. The Hall–Kier alpha value is -2.28. The first kappa shape index (κ1) is 11.5. The normalized spacial score (nSPS) is 17.3. The smallest absolute Gasteiger partial charge is 0.127 e. The summed E-state index contributed by atoms with van der Waals surface area (Å²) in [4.78, 5) is 0. The fourth-order valence-corrected chi connectivity index (χ4v) is 3.43. The van der Waals surface area contributed by atoms with Crippen molar-refractivity contribution in [2.75, 3.05) is 0 Å². The summed E-state index contributed by atoms with van der Waals surface area (Å²) in [6.45, 7) is 0. The first-order valence-electron chi connectivity index (χ1n) is 7.13. The summed E-state index contributed by atoms with van der Waals surface area (Å²) in [7, 11) is 0. The van der Waals surface area contributed by atoms with Gasteiger partial charge in [0, 0.05) is 16.9 Å². The number of phenols is 1. The molecule has 4 rings (SSSR count). The number of aromatic hydroxyl groups is 1. The zero-order chi connectivity index (χ0) is 13.5. The Morgan fingerprint density at radius 2 is 1.60 bits per heavy atom. The molecule has 1 nitrogen and oxygen atoms in total. The van der Waals surface area contributed by atoms with E-state index < -0.39 is 0 Å². The molecule has 0 radical (unpaired) electrons. The molecule has 0 aromatic heterocycles. The zero-order valence-corrected chi connectivity index (χ0v) is 11.2. The van der Waals surface area contributed by atoms with Gasteiger partial charge in [0.15, 0.2) is 0 Å². The minimum Gasteiger partial charge on any atom is -0.507 e. The Balaban J connectivity index is 1.90. The third kappa shape index (κ3) is 1.63. The maximum absolute atomic E-state index is 10.6. The van der Waals surface area contributed by atoms with E-state index in [0.29, 0.717) is 11.7 Å². The maximum Gasteiger partial charge on any atom is 0.127 e. The van der Waals surface area contributed by atoms with Crippen LogP contribution in [-0.4, -0.2) is 5.11 Å². The van der Waals surface area contributed by atoms with Gasteiger partial charge in [0.05, 0.1) is 0 Å². The second kappa shape index (κ2) is 4.38. The molecule has 0 amide bonds. The van der Waals surface area contributed by atoms with Gasteiger partial charge in [-0.05, 0) is 29.4 Å². The third-order valence-corrected chi connectivity index (χ3v) is 4.44. The fourth-order valence-electron chi connectivity index (χ4n) is 3.43. The first-order valence-corrected chi connectivity index (χ1v) is 7.13. The summed E-state index contributed by atoms with van der Waals surface area (Å²) < 4.78 is 0. The maximum atomic E-state index is 10.6. The van der Waals surface area contributed by atoms with Crippen molar-refractivity contribution >= 4 is 10.8 Å². The molecule has 3 aromatic carbocycles. The molecule has 0 saturated heterocycles. The van der Waals surface area contributed by atoms with Crippen molar-refractivity contribution in [3.05, 3.63) is 77.4 Å². The number of rotatable bonds is 1. The molecule has 0 spiro atoms. The van der Waals surface area contributed by atoms with Crippen molar-refractivity contribution in [1.29, 1.82) is 0 Å². The molecular weight excluding hydrogens is 244 g/mol. The van der Waals surface area contributed by atoms with Gasteiger partial charge in [0.25, 0.3) is 0 Å². The molecule has 3 aromatic rings. The van der Waals surface area contributed by atoms with Crippen molar-refractivity contribution < 1.29 is 5.11 Å². The monoisotopic (exact) mass is 260 g/mol. The molecule has 1 N–H and O–H groups in total. The van der Waals surface area contributed by atoms with Crippen molar-refractivity contribution in [3.8, 4) is 5.75 Å². The van der Waals surface area contributed by atoms with Crippen molar-refractivity contribution in [3.63, 3.8) is 0 Å². The number of benzene rings is 3. The average Bonchev–Trinajstić information content (AvgIpc) is 2.92. The molecule has 20 heavy (non-hydrogen) atoms. The molecule has 1 aliphatic rings. The van der Waals surface area contributed by atoms with Crippen LogP contribution in [0.3, 0.4) is 0 Å². The predicted molar refractivity (Wildman–Crippen MR) is 82.2 cm³/mol. The van der Waals surface area contributed by atoms with Crippen LogP contribution in [-0.2, 0) is 6.42 Å². The summed E-state index contributed by atoms with van der Waals surface area (Å²) in [5.74, 6) is 0.778. The van der Waals surface area contributed by atoms with Crippen molar-refractivity contribution in [1.82, 2.24) is 0 Å². The quantitative estimate of drug-likeness (QED) is 0.676. The molecular formula is C19H16O. The van der Waals surface area contributed by atoms with Gasteiger partial charge in [-0.1, -0.05) is 60.7 Å². The molecule has 0 saturated carbocycles. The topological polar surface area (TPSA) is 20.2 Å². The van der Waals surface area contributed by atoms with E-state index in [1.165, 1.54) is 11.1 Å². The molecule has 1 aliphatic carbocycles. The number of aryl methyl sites for hydroxylation is 1. The number of fused-ring (bicyclic) bond motifs is 2. The van der Waals surface area contributed by atoms with Gasteiger partial charge in [0.2, 0.25) is 0 Å². The van der Waals surface area contributed by atoms with Crippen LogP contribution in [0.5, 0.6) is 5.75 Å². The lowest BCUT2D eigenvalue weighted by molar-refractivity contribution is 0.471. The molecule has 1 atom stereocenters. The van der Waals surface area contributed by atoms with Crippen LogP contribution in [0.2, 0.25) is 0 Å². The largest absolute Gasteiger partial charge is 0.507 e. The molecule has 0 fully saturated rings. The van der Waals surface area contributed by atoms with E-state index in [4.69, 9.17) is 0 Å². The van der Waals surface area contributed by atoms with E-state index in [1.54, 1.807) is 0 Å². The molecule has 0 heterocycles. The van der Waals surface area contributed by atoms with Crippen molar-refractivity contribution in [2.45, 2.75) is 18.8 Å². The Kier molecular flexibility index (Phi) is 2.53. The van der Waals surface area contributed by atoms with E-state index in [-0.39, 0.29) is 0 Å². The lowest BCUT2D eigenvalue weighted by Gasteiger charge is -2.15. The van der Waals surface area contributed by atoms with Gasteiger partial charge in [-0.15, -0.1) is 0 Å². The van der Waals surface area contributed by atoms with Gasteiger partial charge in [-0.3, -0.25) is 0 Å². The van der Waals surface area contributed by atoms with E-state index in [2.05, 4.69) is 36.4 Å². The average molecular weight is 260 g/mol. The van der Waals surface area contributed by atoms with Gasteiger partial charge >= 0.3 is 0 Å². The van der Waals surface area contributed by atoms with Crippen LogP contribution in [0.4, 0.5) is 0 Å². The Morgan fingerprint density at radius 3 is 2.55 bits per heavy atom. The first-order chi connectivity index (χ1) is 9.84. The Labute approximate surface area is 118 Å². The lowest BCUT2D eigenvalue weighted by atomic mass is 9.90. The summed E-state index contributed by atoms with van der Waals surface area (Å²) in [6, 6.07) is 20.8. The van der Waals surface area contributed by atoms with Crippen LogP contribution < -0.4 is 0 Å². The predicted octanol–water partition coefficient (Wildman–Crippen LogP) is 4.62. The highest BCUT2D eigenvalue weighted by Gasteiger charge is 2.26. The number of hydrogen-bond donors (Lipinski definition) is 1. The highest BCUT2D eigenvalue weighted by Crippen LogP contribution is 2.43. The van der Waals surface area contributed by atoms with Crippen LogP contribution in [0.15, 0.2) is 60.7 Å². The van der Waals surface area contributed by atoms with Crippen LogP contribution in [0.25, 0.3) is 10.8 Å². The van der Waals surface area contributed by atoms with Crippen LogP contribution in [0, 0.1) is 0 Å². The fraction of sp³-hybridized carbons (Fsp3) is 0.158. The zero-order valence-electron chi connectivity index (χ0n) is 11.2. The number of phenolic OH excluding ortho intramolecular Hbond substituents is 1. The highest BCUT2D eigenvalue weighted by molar-refractivity contribution is 5.89. The van der Waals surface area contributed by atoms with Gasteiger partial charge in [-0.25, -0.2) is 0 Å². The van der Waals surface area contributed by atoms with Crippen LogP contribution in [0.1, 0.15) is 29.0 Å². The van der Waals surface area contributed by atoms with E-state index in [0.717, 1.165) is 29.2 Å². The van der Waals surface area contributed by atoms with Gasteiger partial charge in [-0.2, -0.15) is 0 Å². The van der Waals surface area contributed by atoms with Crippen LogP contribution >= 0.6 is 0 Å².